The molecule has 0 fully saturated rings. The maximum Gasteiger partial charge on any atom is 0.00387 e. The maximum atomic E-state index is 6.18. The summed E-state index contributed by atoms with van der Waals surface area (Å²) >= 11 is 0. The fourth-order valence-electron chi connectivity index (χ4n) is 3.29. The monoisotopic (exact) mass is 312 g/mol. The molecule has 0 rings (SSSR count). The first-order valence-electron chi connectivity index (χ1n) is 10.2. The highest BCUT2D eigenvalue weighted by atomic mass is 14.6. The van der Waals surface area contributed by atoms with Gasteiger partial charge in [0.25, 0.3) is 0 Å². The molecule has 2 heteroatoms. The van der Waals surface area contributed by atoms with E-state index in [-0.39, 0.29) is 0 Å². The summed E-state index contributed by atoms with van der Waals surface area (Å²) in [7, 11) is 0. The van der Waals surface area contributed by atoms with Crippen molar-refractivity contribution in [3.63, 3.8) is 0 Å². The lowest BCUT2D eigenvalue weighted by molar-refractivity contribution is 0.354. The molecule has 0 aliphatic rings. The van der Waals surface area contributed by atoms with Crippen LogP contribution in [-0.2, 0) is 0 Å². The van der Waals surface area contributed by atoms with Gasteiger partial charge in [0.2, 0.25) is 0 Å². The van der Waals surface area contributed by atoms with Gasteiger partial charge in [-0.3, -0.25) is 0 Å². The number of hydrogen-bond donors (Lipinski definition) is 2. The van der Waals surface area contributed by atoms with E-state index in [0.717, 1.165) is 12.5 Å². The van der Waals surface area contributed by atoms with E-state index in [1.807, 2.05) is 0 Å². The van der Waals surface area contributed by atoms with Crippen molar-refractivity contribution in [2.24, 2.45) is 17.4 Å². The summed E-state index contributed by atoms with van der Waals surface area (Å²) in [6, 6.07) is 0.375. The Morgan fingerprint density at radius 1 is 0.636 bits per heavy atom. The zero-order valence-electron chi connectivity index (χ0n) is 15.6. The molecule has 134 valence electrons. The van der Waals surface area contributed by atoms with E-state index >= 15 is 0 Å². The highest BCUT2D eigenvalue weighted by molar-refractivity contribution is 4.69. The molecule has 4 N–H and O–H groups in total. The Hall–Kier alpha value is -0.0800. The van der Waals surface area contributed by atoms with Crippen molar-refractivity contribution >= 4 is 0 Å². The van der Waals surface area contributed by atoms with Crippen LogP contribution in [0.4, 0.5) is 0 Å². The van der Waals surface area contributed by atoms with Crippen LogP contribution in [0.5, 0.6) is 0 Å². The summed E-state index contributed by atoms with van der Waals surface area (Å²) < 4.78 is 0. The highest BCUT2D eigenvalue weighted by Crippen LogP contribution is 2.21. The Morgan fingerprint density at radius 2 is 1.05 bits per heavy atom. The zero-order chi connectivity index (χ0) is 16.5. The molecule has 0 heterocycles. The minimum atomic E-state index is 0.375. The second-order valence-corrected chi connectivity index (χ2v) is 7.23. The predicted octanol–water partition coefficient (Wildman–Crippen LogP) is 5.78. The van der Waals surface area contributed by atoms with Gasteiger partial charge in [-0.1, -0.05) is 84.0 Å². The minimum Gasteiger partial charge on any atom is -0.330 e. The Balaban J connectivity index is 3.48. The second-order valence-electron chi connectivity index (χ2n) is 7.23. The SMILES string of the molecule is CCCCCCCCC(CCCCCCCCCN)C(C)N. The van der Waals surface area contributed by atoms with Crippen molar-refractivity contribution < 1.29 is 0 Å². The second kappa shape index (κ2) is 17.3. The largest absolute Gasteiger partial charge is 0.330 e. The zero-order valence-corrected chi connectivity index (χ0v) is 15.6. The molecule has 0 aromatic heterocycles. The molecule has 0 spiro atoms. The molecule has 0 amide bonds. The van der Waals surface area contributed by atoms with Crippen molar-refractivity contribution in [3.05, 3.63) is 0 Å². The molecule has 2 unspecified atom stereocenters. The van der Waals surface area contributed by atoms with Crippen LogP contribution in [-0.4, -0.2) is 12.6 Å². The minimum absolute atomic E-state index is 0.375. The van der Waals surface area contributed by atoms with Gasteiger partial charge in [-0.25, -0.2) is 0 Å². The molecule has 22 heavy (non-hydrogen) atoms. The third-order valence-electron chi connectivity index (χ3n) is 4.95. The Kier molecular flexibility index (Phi) is 17.2. The first kappa shape index (κ1) is 21.9. The van der Waals surface area contributed by atoms with Crippen LogP contribution in [0.3, 0.4) is 0 Å². The summed E-state index contributed by atoms with van der Waals surface area (Å²) in [5.74, 6) is 0.753. The topological polar surface area (TPSA) is 52.0 Å². The summed E-state index contributed by atoms with van der Waals surface area (Å²) in [5.41, 5.74) is 11.7. The van der Waals surface area contributed by atoms with Gasteiger partial charge in [-0.05, 0) is 38.6 Å². The molecule has 0 bridgehead atoms. The van der Waals surface area contributed by atoms with E-state index in [2.05, 4.69) is 13.8 Å². The predicted molar refractivity (Wildman–Crippen MR) is 101 cm³/mol. The molecular weight excluding hydrogens is 268 g/mol. The average Bonchev–Trinajstić information content (AvgIpc) is 2.50. The summed E-state index contributed by atoms with van der Waals surface area (Å²) in [4.78, 5) is 0. The van der Waals surface area contributed by atoms with Gasteiger partial charge in [0.15, 0.2) is 0 Å². The van der Waals surface area contributed by atoms with Gasteiger partial charge in [-0.2, -0.15) is 0 Å². The van der Waals surface area contributed by atoms with Crippen molar-refractivity contribution in [2.75, 3.05) is 6.54 Å². The molecule has 0 saturated carbocycles. The van der Waals surface area contributed by atoms with Crippen LogP contribution in [0, 0.1) is 5.92 Å². The summed E-state index contributed by atoms with van der Waals surface area (Å²) in [6.07, 6.45) is 20.5. The average molecular weight is 313 g/mol. The first-order chi connectivity index (χ1) is 10.7. The standard InChI is InChI=1S/C20H44N2/c1-3-4-5-6-10-13-16-20(19(2)22)17-14-11-8-7-9-12-15-18-21/h19-20H,3-18,21-22H2,1-2H3. The van der Waals surface area contributed by atoms with E-state index in [4.69, 9.17) is 11.5 Å². The van der Waals surface area contributed by atoms with E-state index < -0.39 is 0 Å². The van der Waals surface area contributed by atoms with Crippen LogP contribution < -0.4 is 11.5 Å². The van der Waals surface area contributed by atoms with Crippen molar-refractivity contribution in [3.8, 4) is 0 Å². The number of hydrogen-bond acceptors (Lipinski definition) is 2. The van der Waals surface area contributed by atoms with E-state index in [1.54, 1.807) is 0 Å². The molecule has 0 aliphatic heterocycles. The lowest BCUT2D eigenvalue weighted by Gasteiger charge is -2.20. The smallest absolute Gasteiger partial charge is 0.00387 e. The number of unbranched alkanes of at least 4 members (excludes halogenated alkanes) is 11. The fourth-order valence-corrected chi connectivity index (χ4v) is 3.29. The lowest BCUT2D eigenvalue weighted by Crippen LogP contribution is -2.26. The third kappa shape index (κ3) is 14.8. The molecule has 2 nitrogen and oxygen atoms in total. The molecular formula is C20H44N2. The Bertz CT molecular complexity index is 204. The number of rotatable bonds is 17. The number of nitrogens with two attached hydrogens (primary N) is 2. The maximum absolute atomic E-state index is 6.18. The molecule has 0 aromatic rings. The van der Waals surface area contributed by atoms with Crippen molar-refractivity contribution in [1.29, 1.82) is 0 Å². The van der Waals surface area contributed by atoms with Gasteiger partial charge in [0.1, 0.15) is 0 Å². The Labute approximate surface area is 140 Å². The summed E-state index contributed by atoms with van der Waals surface area (Å²) in [6.45, 7) is 5.34. The molecule has 0 saturated heterocycles. The van der Waals surface area contributed by atoms with Gasteiger partial charge in [0, 0.05) is 6.04 Å². The van der Waals surface area contributed by atoms with Crippen molar-refractivity contribution in [2.45, 2.75) is 116 Å². The molecule has 0 aromatic carbocycles. The lowest BCUT2D eigenvalue weighted by atomic mass is 9.89. The molecule has 0 aliphatic carbocycles. The van der Waals surface area contributed by atoms with Gasteiger partial charge >= 0.3 is 0 Å². The van der Waals surface area contributed by atoms with Crippen LogP contribution in [0.15, 0.2) is 0 Å². The van der Waals surface area contributed by atoms with Crippen molar-refractivity contribution in [1.82, 2.24) is 0 Å². The van der Waals surface area contributed by atoms with Crippen LogP contribution in [0.2, 0.25) is 0 Å². The van der Waals surface area contributed by atoms with Crippen LogP contribution in [0.25, 0.3) is 0 Å². The van der Waals surface area contributed by atoms with Gasteiger partial charge in [-0.15, -0.1) is 0 Å². The van der Waals surface area contributed by atoms with Crippen LogP contribution in [0.1, 0.15) is 110 Å². The van der Waals surface area contributed by atoms with Gasteiger partial charge in [0.05, 0.1) is 0 Å². The van der Waals surface area contributed by atoms with Crippen LogP contribution >= 0.6 is 0 Å². The highest BCUT2D eigenvalue weighted by Gasteiger charge is 2.12. The van der Waals surface area contributed by atoms with E-state index in [1.165, 1.54) is 96.3 Å². The van der Waals surface area contributed by atoms with E-state index in [0.29, 0.717) is 6.04 Å². The molecule has 0 radical (unpaired) electrons. The Morgan fingerprint density at radius 3 is 1.45 bits per heavy atom. The summed E-state index contributed by atoms with van der Waals surface area (Å²) in [5, 5.41) is 0. The van der Waals surface area contributed by atoms with E-state index in [9.17, 15) is 0 Å². The first-order valence-corrected chi connectivity index (χ1v) is 10.2. The molecule has 2 atom stereocenters. The fraction of sp³-hybridized carbons (Fsp3) is 1.00. The van der Waals surface area contributed by atoms with Gasteiger partial charge < -0.3 is 11.5 Å². The quantitative estimate of drug-likeness (QED) is 0.334. The third-order valence-corrected chi connectivity index (χ3v) is 4.95. The normalized spacial score (nSPS) is 14.2.